The molecule has 0 spiro atoms. The minimum Gasteiger partial charge on any atom is -0.444 e. The fourth-order valence-electron chi connectivity index (χ4n) is 2.43. The van der Waals surface area contributed by atoms with Gasteiger partial charge in [0, 0.05) is 18.6 Å². The zero-order valence-corrected chi connectivity index (χ0v) is 15.4. The maximum absolute atomic E-state index is 11.6. The molecule has 0 aliphatic carbocycles. The maximum Gasteiger partial charge on any atom is 0.407 e. The van der Waals surface area contributed by atoms with E-state index in [1.54, 1.807) is 0 Å². The molecule has 0 heterocycles. The summed E-state index contributed by atoms with van der Waals surface area (Å²) in [5.74, 6) is 0. The lowest BCUT2D eigenvalue weighted by molar-refractivity contribution is 0.0522. The second-order valence-corrected chi connectivity index (χ2v) is 7.38. The first kappa shape index (κ1) is 19.5. The van der Waals surface area contributed by atoms with E-state index < -0.39 is 5.60 Å². The van der Waals surface area contributed by atoms with Crippen molar-refractivity contribution >= 4 is 6.09 Å². The predicted molar refractivity (Wildman–Crippen MR) is 95.8 cm³/mol. The number of carbonyl (C=O) groups is 1. The zero-order valence-electron chi connectivity index (χ0n) is 15.4. The minimum absolute atomic E-state index is 0.204. The molecule has 0 saturated heterocycles. The number of aryl methyl sites for hydroxylation is 2. The van der Waals surface area contributed by atoms with Gasteiger partial charge in [-0.3, -0.25) is 0 Å². The van der Waals surface area contributed by atoms with Crippen LogP contribution in [-0.4, -0.2) is 30.3 Å². The highest BCUT2D eigenvalue weighted by Crippen LogP contribution is 2.09. The van der Waals surface area contributed by atoms with Crippen LogP contribution in [0, 0.1) is 6.92 Å². The first-order valence-corrected chi connectivity index (χ1v) is 8.44. The summed E-state index contributed by atoms with van der Waals surface area (Å²) in [6, 6.07) is 9.24. The Bertz CT molecular complexity index is 494. The Labute approximate surface area is 141 Å². The number of carbonyl (C=O) groups excluding carboxylic acids is 1. The van der Waals surface area contributed by atoms with E-state index in [1.165, 1.54) is 11.1 Å². The summed E-state index contributed by atoms with van der Waals surface area (Å²) >= 11 is 0. The second kappa shape index (κ2) is 8.92. The van der Waals surface area contributed by atoms with Crippen LogP contribution in [-0.2, 0) is 11.2 Å². The molecule has 1 amide bonds. The van der Waals surface area contributed by atoms with Crippen LogP contribution in [0.3, 0.4) is 0 Å². The number of benzene rings is 1. The number of hydrogen-bond donors (Lipinski definition) is 2. The number of rotatable bonds is 7. The van der Waals surface area contributed by atoms with E-state index in [1.807, 2.05) is 20.8 Å². The molecular weight excluding hydrogens is 288 g/mol. The fraction of sp³-hybridized carbons (Fsp3) is 0.632. The smallest absolute Gasteiger partial charge is 0.407 e. The number of alkyl carbamates (subject to hydrolysis) is 1. The average Bonchev–Trinajstić information content (AvgIpc) is 2.41. The third-order valence-electron chi connectivity index (χ3n) is 3.47. The minimum atomic E-state index is -0.456. The van der Waals surface area contributed by atoms with Crippen LogP contribution in [0.1, 0.15) is 52.2 Å². The van der Waals surface area contributed by atoms with Crippen molar-refractivity contribution in [3.63, 3.8) is 0 Å². The highest BCUT2D eigenvalue weighted by atomic mass is 16.6. The van der Waals surface area contributed by atoms with Crippen molar-refractivity contribution in [3.8, 4) is 0 Å². The van der Waals surface area contributed by atoms with Crippen LogP contribution < -0.4 is 10.6 Å². The summed E-state index contributed by atoms with van der Waals surface area (Å²) in [5.41, 5.74) is 2.22. The van der Waals surface area contributed by atoms with Gasteiger partial charge in [-0.15, -0.1) is 0 Å². The Kier molecular flexibility index (Phi) is 7.56. The second-order valence-electron chi connectivity index (χ2n) is 7.38. The van der Waals surface area contributed by atoms with Gasteiger partial charge in [-0.1, -0.05) is 29.8 Å². The first-order valence-electron chi connectivity index (χ1n) is 8.44. The topological polar surface area (TPSA) is 50.4 Å². The molecule has 1 aromatic carbocycles. The largest absolute Gasteiger partial charge is 0.444 e. The van der Waals surface area contributed by atoms with Crippen molar-refractivity contribution in [3.05, 3.63) is 35.4 Å². The van der Waals surface area contributed by atoms with Gasteiger partial charge in [0.1, 0.15) is 5.60 Å². The van der Waals surface area contributed by atoms with Gasteiger partial charge < -0.3 is 15.4 Å². The molecule has 2 N–H and O–H groups in total. The zero-order chi connectivity index (χ0) is 17.5. The van der Waals surface area contributed by atoms with E-state index >= 15 is 0 Å². The molecule has 0 aliphatic heterocycles. The average molecular weight is 320 g/mol. The van der Waals surface area contributed by atoms with Crippen LogP contribution in [0.4, 0.5) is 4.79 Å². The molecule has 0 radical (unpaired) electrons. The molecule has 0 fully saturated rings. The van der Waals surface area contributed by atoms with Crippen molar-refractivity contribution in [2.75, 3.05) is 6.54 Å². The summed E-state index contributed by atoms with van der Waals surface area (Å²) < 4.78 is 5.23. The van der Waals surface area contributed by atoms with Crippen LogP contribution >= 0.6 is 0 Å². The summed E-state index contributed by atoms with van der Waals surface area (Å²) in [5, 5.41) is 6.31. The van der Waals surface area contributed by atoms with Gasteiger partial charge in [0.15, 0.2) is 0 Å². The fourth-order valence-corrected chi connectivity index (χ4v) is 2.43. The molecule has 0 aromatic heterocycles. The number of hydrogen-bond acceptors (Lipinski definition) is 3. The quantitative estimate of drug-likeness (QED) is 0.803. The van der Waals surface area contributed by atoms with E-state index in [4.69, 9.17) is 4.74 Å². The summed E-state index contributed by atoms with van der Waals surface area (Å²) in [7, 11) is 0. The van der Waals surface area contributed by atoms with E-state index in [9.17, 15) is 4.79 Å². The molecule has 0 saturated carbocycles. The van der Waals surface area contributed by atoms with Crippen LogP contribution in [0.2, 0.25) is 0 Å². The lowest BCUT2D eigenvalue weighted by Crippen LogP contribution is -2.44. The van der Waals surface area contributed by atoms with Gasteiger partial charge in [0.05, 0.1) is 0 Å². The normalized spacial score (nSPS) is 14.2. The van der Waals surface area contributed by atoms with E-state index in [-0.39, 0.29) is 12.1 Å². The van der Waals surface area contributed by atoms with Crippen molar-refractivity contribution < 1.29 is 9.53 Å². The maximum atomic E-state index is 11.6. The summed E-state index contributed by atoms with van der Waals surface area (Å²) in [4.78, 5) is 11.6. The van der Waals surface area contributed by atoms with E-state index in [0.717, 1.165) is 12.8 Å². The molecule has 2 unspecified atom stereocenters. The Balaban J connectivity index is 2.25. The predicted octanol–water partition coefficient (Wildman–Crippen LogP) is 3.82. The van der Waals surface area contributed by atoms with Crippen molar-refractivity contribution in [1.29, 1.82) is 0 Å². The third-order valence-corrected chi connectivity index (χ3v) is 3.47. The number of ether oxygens (including phenoxy) is 1. The molecule has 2 atom stereocenters. The van der Waals surface area contributed by atoms with Gasteiger partial charge in [0.2, 0.25) is 0 Å². The molecule has 23 heavy (non-hydrogen) atoms. The Morgan fingerprint density at radius 1 is 1.22 bits per heavy atom. The van der Waals surface area contributed by atoms with E-state index in [0.29, 0.717) is 12.6 Å². The van der Waals surface area contributed by atoms with Crippen LogP contribution in [0.15, 0.2) is 24.3 Å². The molecule has 0 bridgehead atoms. The molecule has 1 rings (SSSR count). The SMILES string of the molecule is Cc1cccc(CCC(C)NC(C)CNC(=O)OC(C)(C)C)c1. The Morgan fingerprint density at radius 2 is 1.91 bits per heavy atom. The standard InChI is InChI=1S/C19H32N2O2/c1-14-8-7-9-17(12-14)11-10-15(2)21-16(3)13-20-18(22)23-19(4,5)6/h7-9,12,15-16,21H,10-11,13H2,1-6H3,(H,20,22). The van der Waals surface area contributed by atoms with Crippen molar-refractivity contribution in [1.82, 2.24) is 10.6 Å². The third kappa shape index (κ3) is 9.24. The molecule has 0 aliphatic rings. The van der Waals surface area contributed by atoms with Gasteiger partial charge in [0.25, 0.3) is 0 Å². The van der Waals surface area contributed by atoms with E-state index in [2.05, 4.69) is 55.7 Å². The molecule has 4 nitrogen and oxygen atoms in total. The van der Waals surface area contributed by atoms with Crippen LogP contribution in [0.5, 0.6) is 0 Å². The number of nitrogens with one attached hydrogen (secondary N) is 2. The summed E-state index contributed by atoms with van der Waals surface area (Å²) in [6.07, 6.45) is 1.76. The van der Waals surface area contributed by atoms with Crippen molar-refractivity contribution in [2.45, 2.75) is 72.1 Å². The molecule has 4 heteroatoms. The van der Waals surface area contributed by atoms with Crippen LogP contribution in [0.25, 0.3) is 0 Å². The molecule has 130 valence electrons. The van der Waals surface area contributed by atoms with Gasteiger partial charge in [-0.25, -0.2) is 4.79 Å². The first-order chi connectivity index (χ1) is 10.7. The Morgan fingerprint density at radius 3 is 2.52 bits per heavy atom. The van der Waals surface area contributed by atoms with Crippen molar-refractivity contribution in [2.24, 2.45) is 0 Å². The Hall–Kier alpha value is -1.55. The molecular formula is C19H32N2O2. The highest BCUT2D eigenvalue weighted by Gasteiger charge is 2.16. The van der Waals surface area contributed by atoms with Gasteiger partial charge in [-0.05, 0) is 59.9 Å². The summed E-state index contributed by atoms with van der Waals surface area (Å²) in [6.45, 7) is 12.5. The monoisotopic (exact) mass is 320 g/mol. The van der Waals surface area contributed by atoms with Gasteiger partial charge in [-0.2, -0.15) is 0 Å². The lowest BCUT2D eigenvalue weighted by Gasteiger charge is -2.23. The lowest BCUT2D eigenvalue weighted by atomic mass is 10.0. The number of amides is 1. The highest BCUT2D eigenvalue weighted by molar-refractivity contribution is 5.67. The van der Waals surface area contributed by atoms with Gasteiger partial charge >= 0.3 is 6.09 Å². The molecule has 1 aromatic rings.